The van der Waals surface area contributed by atoms with Crippen LogP contribution in [0.5, 0.6) is 0 Å². The number of amides is 1. The van der Waals surface area contributed by atoms with Gasteiger partial charge in [0, 0.05) is 24.6 Å². The van der Waals surface area contributed by atoms with Crippen molar-refractivity contribution in [3.05, 3.63) is 53.9 Å². The SMILES string of the molecule is CCCCNc1cncc(C(=O)Nc2ccccc2C(C)C)c1. The number of hydrogen-bond donors (Lipinski definition) is 2. The summed E-state index contributed by atoms with van der Waals surface area (Å²) in [6, 6.07) is 9.74. The number of benzene rings is 1. The molecule has 0 bridgehead atoms. The van der Waals surface area contributed by atoms with Crippen molar-refractivity contribution in [2.24, 2.45) is 0 Å². The Morgan fingerprint density at radius 2 is 2.00 bits per heavy atom. The number of anilines is 2. The highest BCUT2D eigenvalue weighted by atomic mass is 16.1. The molecule has 1 heterocycles. The van der Waals surface area contributed by atoms with E-state index < -0.39 is 0 Å². The lowest BCUT2D eigenvalue weighted by atomic mass is 10.0. The predicted molar refractivity (Wildman–Crippen MR) is 96.1 cm³/mol. The monoisotopic (exact) mass is 311 g/mol. The van der Waals surface area contributed by atoms with Crippen molar-refractivity contribution < 1.29 is 4.79 Å². The van der Waals surface area contributed by atoms with E-state index in [0.717, 1.165) is 36.3 Å². The standard InChI is InChI=1S/C19H25N3O/c1-4-5-10-21-16-11-15(12-20-13-16)19(23)22-18-9-7-6-8-17(18)14(2)3/h6-9,11-14,21H,4-5,10H2,1-3H3,(H,22,23). The first-order chi connectivity index (χ1) is 11.1. The van der Waals surface area contributed by atoms with Gasteiger partial charge in [-0.3, -0.25) is 9.78 Å². The van der Waals surface area contributed by atoms with Gasteiger partial charge in [0.25, 0.3) is 5.91 Å². The second-order valence-corrected chi connectivity index (χ2v) is 5.94. The normalized spacial score (nSPS) is 10.6. The van der Waals surface area contributed by atoms with E-state index in [1.807, 2.05) is 30.3 Å². The van der Waals surface area contributed by atoms with Crippen LogP contribution >= 0.6 is 0 Å². The number of carbonyl (C=O) groups is 1. The van der Waals surface area contributed by atoms with Crippen LogP contribution in [0.3, 0.4) is 0 Å². The number of nitrogens with one attached hydrogen (secondary N) is 2. The number of nitrogens with zero attached hydrogens (tertiary/aromatic N) is 1. The lowest BCUT2D eigenvalue weighted by Gasteiger charge is -2.14. The Labute approximate surface area is 138 Å². The van der Waals surface area contributed by atoms with E-state index in [1.165, 1.54) is 0 Å². The Morgan fingerprint density at radius 3 is 2.74 bits per heavy atom. The van der Waals surface area contributed by atoms with Crippen LogP contribution in [0, 0.1) is 0 Å². The summed E-state index contributed by atoms with van der Waals surface area (Å²) >= 11 is 0. The van der Waals surface area contributed by atoms with Crippen LogP contribution in [-0.2, 0) is 0 Å². The third kappa shape index (κ3) is 4.81. The first-order valence-electron chi connectivity index (χ1n) is 8.21. The summed E-state index contributed by atoms with van der Waals surface area (Å²) in [7, 11) is 0. The van der Waals surface area contributed by atoms with Gasteiger partial charge < -0.3 is 10.6 Å². The van der Waals surface area contributed by atoms with Crippen molar-refractivity contribution in [1.82, 2.24) is 4.98 Å². The second kappa shape index (κ2) is 8.32. The van der Waals surface area contributed by atoms with Crippen LogP contribution in [-0.4, -0.2) is 17.4 Å². The van der Waals surface area contributed by atoms with Gasteiger partial charge in [-0.05, 0) is 30.0 Å². The number of para-hydroxylation sites is 1. The topological polar surface area (TPSA) is 54.0 Å². The molecule has 2 rings (SSSR count). The quantitative estimate of drug-likeness (QED) is 0.731. The Bertz CT molecular complexity index is 653. The van der Waals surface area contributed by atoms with Gasteiger partial charge in [-0.25, -0.2) is 0 Å². The first-order valence-corrected chi connectivity index (χ1v) is 8.21. The molecule has 0 aliphatic carbocycles. The summed E-state index contributed by atoms with van der Waals surface area (Å²) in [5.74, 6) is 0.219. The fourth-order valence-electron chi connectivity index (χ4n) is 2.38. The number of pyridine rings is 1. The Morgan fingerprint density at radius 1 is 1.22 bits per heavy atom. The zero-order chi connectivity index (χ0) is 16.7. The molecule has 122 valence electrons. The minimum Gasteiger partial charge on any atom is -0.384 e. The average molecular weight is 311 g/mol. The Balaban J connectivity index is 2.10. The number of aromatic nitrogens is 1. The second-order valence-electron chi connectivity index (χ2n) is 5.94. The molecule has 0 aliphatic heterocycles. The molecule has 1 aromatic carbocycles. The van der Waals surface area contributed by atoms with Gasteiger partial charge >= 0.3 is 0 Å². The number of hydrogen-bond acceptors (Lipinski definition) is 3. The molecular weight excluding hydrogens is 286 g/mol. The number of unbranched alkanes of at least 4 members (excludes halogenated alkanes) is 1. The molecule has 2 N–H and O–H groups in total. The molecule has 2 aromatic rings. The summed E-state index contributed by atoms with van der Waals surface area (Å²) in [4.78, 5) is 16.7. The van der Waals surface area contributed by atoms with Crippen LogP contribution < -0.4 is 10.6 Å². The molecule has 0 saturated heterocycles. The van der Waals surface area contributed by atoms with Gasteiger partial charge in [-0.2, -0.15) is 0 Å². The Hall–Kier alpha value is -2.36. The molecule has 0 aliphatic rings. The van der Waals surface area contributed by atoms with Crippen LogP contribution in [0.15, 0.2) is 42.7 Å². The van der Waals surface area contributed by atoms with Gasteiger partial charge in [0.1, 0.15) is 0 Å². The lowest BCUT2D eigenvalue weighted by Crippen LogP contribution is -2.14. The zero-order valence-electron chi connectivity index (χ0n) is 14.1. The highest BCUT2D eigenvalue weighted by molar-refractivity contribution is 6.05. The van der Waals surface area contributed by atoms with E-state index in [1.54, 1.807) is 12.4 Å². The largest absolute Gasteiger partial charge is 0.384 e. The van der Waals surface area contributed by atoms with Gasteiger partial charge in [0.2, 0.25) is 0 Å². The first kappa shape index (κ1) is 17.0. The molecule has 4 heteroatoms. The molecule has 0 unspecified atom stereocenters. The van der Waals surface area contributed by atoms with Crippen LogP contribution in [0.4, 0.5) is 11.4 Å². The summed E-state index contributed by atoms with van der Waals surface area (Å²) < 4.78 is 0. The summed E-state index contributed by atoms with van der Waals surface area (Å²) in [5.41, 5.74) is 3.43. The molecule has 0 saturated carbocycles. The average Bonchev–Trinajstić information content (AvgIpc) is 2.55. The number of carbonyl (C=O) groups excluding carboxylic acids is 1. The fourth-order valence-corrected chi connectivity index (χ4v) is 2.38. The van der Waals surface area contributed by atoms with Gasteiger partial charge in [-0.1, -0.05) is 45.4 Å². The Kier molecular flexibility index (Phi) is 6.15. The van der Waals surface area contributed by atoms with Crippen LogP contribution in [0.25, 0.3) is 0 Å². The maximum Gasteiger partial charge on any atom is 0.257 e. The third-order valence-electron chi connectivity index (χ3n) is 3.69. The van der Waals surface area contributed by atoms with Gasteiger partial charge in [0.05, 0.1) is 11.3 Å². The van der Waals surface area contributed by atoms with Crippen molar-refractivity contribution in [3.63, 3.8) is 0 Å². The summed E-state index contributed by atoms with van der Waals surface area (Å²) in [6.07, 6.45) is 5.57. The highest BCUT2D eigenvalue weighted by Crippen LogP contribution is 2.24. The van der Waals surface area contributed by atoms with E-state index in [4.69, 9.17) is 0 Å². The molecule has 0 fully saturated rings. The molecule has 1 aromatic heterocycles. The van der Waals surface area contributed by atoms with Crippen molar-refractivity contribution in [1.29, 1.82) is 0 Å². The van der Waals surface area contributed by atoms with E-state index in [0.29, 0.717) is 11.5 Å². The molecular formula is C19H25N3O. The van der Waals surface area contributed by atoms with Crippen molar-refractivity contribution >= 4 is 17.3 Å². The van der Waals surface area contributed by atoms with Crippen molar-refractivity contribution in [3.8, 4) is 0 Å². The van der Waals surface area contributed by atoms with Crippen molar-refractivity contribution in [2.45, 2.75) is 39.5 Å². The maximum atomic E-state index is 12.5. The summed E-state index contributed by atoms with van der Waals surface area (Å²) in [6.45, 7) is 7.27. The molecule has 23 heavy (non-hydrogen) atoms. The highest BCUT2D eigenvalue weighted by Gasteiger charge is 2.11. The lowest BCUT2D eigenvalue weighted by molar-refractivity contribution is 0.102. The third-order valence-corrected chi connectivity index (χ3v) is 3.69. The van der Waals surface area contributed by atoms with Crippen LogP contribution in [0.2, 0.25) is 0 Å². The molecule has 1 amide bonds. The summed E-state index contributed by atoms with van der Waals surface area (Å²) in [5, 5.41) is 6.29. The predicted octanol–water partition coefficient (Wildman–Crippen LogP) is 4.67. The molecule has 4 nitrogen and oxygen atoms in total. The smallest absolute Gasteiger partial charge is 0.257 e. The van der Waals surface area contributed by atoms with E-state index in [9.17, 15) is 4.79 Å². The van der Waals surface area contributed by atoms with E-state index in [2.05, 4.69) is 36.4 Å². The fraction of sp³-hybridized carbons (Fsp3) is 0.368. The van der Waals surface area contributed by atoms with Gasteiger partial charge in [-0.15, -0.1) is 0 Å². The van der Waals surface area contributed by atoms with Crippen molar-refractivity contribution in [2.75, 3.05) is 17.2 Å². The van der Waals surface area contributed by atoms with E-state index in [-0.39, 0.29) is 5.91 Å². The molecule has 0 atom stereocenters. The minimum absolute atomic E-state index is 0.134. The van der Waals surface area contributed by atoms with E-state index >= 15 is 0 Å². The van der Waals surface area contributed by atoms with Crippen LogP contribution in [0.1, 0.15) is 55.5 Å². The number of rotatable bonds is 7. The molecule has 0 spiro atoms. The minimum atomic E-state index is -0.134. The zero-order valence-corrected chi connectivity index (χ0v) is 14.1. The maximum absolute atomic E-state index is 12.5. The molecule has 0 radical (unpaired) electrons. The van der Waals surface area contributed by atoms with Gasteiger partial charge in [0.15, 0.2) is 0 Å².